The number of para-hydroxylation sites is 1. The lowest BCUT2D eigenvalue weighted by atomic mass is 10.2. The molecule has 0 saturated carbocycles. The molecule has 0 aliphatic carbocycles. The Morgan fingerprint density at radius 1 is 1.00 bits per heavy atom. The molecule has 19 heavy (non-hydrogen) atoms. The highest BCUT2D eigenvalue weighted by molar-refractivity contribution is 8.00. The maximum absolute atomic E-state index is 12.5. The van der Waals surface area contributed by atoms with Crippen molar-refractivity contribution >= 4 is 17.4 Å². The van der Waals surface area contributed by atoms with E-state index >= 15 is 0 Å². The molecule has 0 bridgehead atoms. The molecule has 1 unspecified atom stereocenters. The van der Waals surface area contributed by atoms with Crippen molar-refractivity contribution in [2.45, 2.75) is 16.7 Å². The van der Waals surface area contributed by atoms with Gasteiger partial charge in [-0.3, -0.25) is 4.39 Å². The lowest BCUT2D eigenvalue weighted by Crippen LogP contribution is -2.24. The van der Waals surface area contributed by atoms with E-state index in [-0.39, 0.29) is 12.0 Å². The van der Waals surface area contributed by atoms with Crippen LogP contribution in [0.25, 0.3) is 0 Å². The van der Waals surface area contributed by atoms with E-state index in [1.54, 1.807) is 0 Å². The fourth-order valence-corrected chi connectivity index (χ4v) is 3.78. The normalized spacial score (nSPS) is 17.5. The molecule has 3 rings (SSSR count). The third kappa shape index (κ3) is 2.47. The molecule has 1 heterocycles. The number of fused-ring (bicyclic) bond motifs is 1. The van der Waals surface area contributed by atoms with Crippen molar-refractivity contribution in [3.8, 4) is 0 Å². The number of thioether (sulfide) groups is 1. The largest absolute Gasteiger partial charge is 0.354 e. The van der Waals surface area contributed by atoms with Crippen molar-refractivity contribution in [3.63, 3.8) is 0 Å². The van der Waals surface area contributed by atoms with Gasteiger partial charge in [-0.15, -0.1) is 0 Å². The zero-order chi connectivity index (χ0) is 13.1. The minimum Gasteiger partial charge on any atom is -0.354 e. The van der Waals surface area contributed by atoms with E-state index in [1.807, 2.05) is 17.8 Å². The predicted octanol–water partition coefficient (Wildman–Crippen LogP) is 4.66. The van der Waals surface area contributed by atoms with Gasteiger partial charge in [0.25, 0.3) is 0 Å². The first-order valence-electron chi connectivity index (χ1n) is 6.53. The highest BCUT2D eigenvalue weighted by Crippen LogP contribution is 2.50. The van der Waals surface area contributed by atoms with Crippen LogP contribution in [-0.2, 0) is 0 Å². The highest BCUT2D eigenvalue weighted by atomic mass is 32.2. The first-order chi connectivity index (χ1) is 9.40. The van der Waals surface area contributed by atoms with Crippen molar-refractivity contribution in [2.24, 2.45) is 0 Å². The molecular weight excluding hydrogens is 257 g/mol. The van der Waals surface area contributed by atoms with Crippen LogP contribution >= 0.6 is 11.8 Å². The Bertz CT molecular complexity index is 543. The molecule has 0 fully saturated rings. The lowest BCUT2D eigenvalue weighted by Gasteiger charge is -2.26. The summed E-state index contributed by atoms with van der Waals surface area (Å²) >= 11 is 1.85. The Balaban J connectivity index is 1.93. The molecular formula is C16H16FNS. The van der Waals surface area contributed by atoms with Gasteiger partial charge < -0.3 is 4.90 Å². The van der Waals surface area contributed by atoms with E-state index in [0.29, 0.717) is 6.42 Å². The first-order valence-corrected chi connectivity index (χ1v) is 7.41. The third-order valence-electron chi connectivity index (χ3n) is 3.31. The topological polar surface area (TPSA) is 3.24 Å². The number of hydrogen-bond acceptors (Lipinski definition) is 2. The predicted molar refractivity (Wildman–Crippen MR) is 79.4 cm³/mol. The summed E-state index contributed by atoms with van der Waals surface area (Å²) in [7, 11) is 0. The number of nitrogens with zero attached hydrogens (tertiary/aromatic N) is 1. The lowest BCUT2D eigenvalue weighted by molar-refractivity contribution is 0.470. The Morgan fingerprint density at radius 3 is 2.53 bits per heavy atom. The van der Waals surface area contributed by atoms with E-state index < -0.39 is 0 Å². The fraction of sp³-hybridized carbons (Fsp3) is 0.250. The van der Waals surface area contributed by atoms with Crippen molar-refractivity contribution < 1.29 is 4.39 Å². The van der Waals surface area contributed by atoms with Gasteiger partial charge in [0.1, 0.15) is 5.37 Å². The van der Waals surface area contributed by atoms with Crippen LogP contribution in [0.3, 0.4) is 0 Å². The number of hydrogen-bond donors (Lipinski definition) is 0. The van der Waals surface area contributed by atoms with Gasteiger partial charge in [0.15, 0.2) is 0 Å². The molecule has 0 N–H and O–H groups in total. The van der Waals surface area contributed by atoms with Crippen LogP contribution in [0, 0.1) is 0 Å². The zero-order valence-electron chi connectivity index (χ0n) is 10.6. The Labute approximate surface area is 117 Å². The van der Waals surface area contributed by atoms with Crippen LogP contribution in [0.5, 0.6) is 0 Å². The van der Waals surface area contributed by atoms with Crippen molar-refractivity contribution in [2.75, 3.05) is 18.1 Å². The first kappa shape index (κ1) is 12.5. The molecule has 0 radical (unpaired) electrons. The molecule has 0 amide bonds. The van der Waals surface area contributed by atoms with Crippen molar-refractivity contribution in [1.29, 1.82) is 0 Å². The van der Waals surface area contributed by atoms with Gasteiger partial charge in [-0.2, -0.15) is 0 Å². The van der Waals surface area contributed by atoms with Crippen molar-refractivity contribution in [3.05, 3.63) is 60.2 Å². The molecule has 1 aliphatic rings. The monoisotopic (exact) mass is 273 g/mol. The van der Waals surface area contributed by atoms with E-state index in [2.05, 4.69) is 53.4 Å². The third-order valence-corrected chi connectivity index (χ3v) is 4.66. The number of anilines is 1. The molecule has 0 aromatic heterocycles. The molecule has 0 saturated heterocycles. The molecule has 2 aromatic rings. The second-order valence-corrected chi connectivity index (χ2v) is 5.71. The quantitative estimate of drug-likeness (QED) is 0.797. The van der Waals surface area contributed by atoms with Gasteiger partial charge in [-0.25, -0.2) is 0 Å². The number of benzene rings is 2. The van der Waals surface area contributed by atoms with Gasteiger partial charge in [0.05, 0.1) is 12.4 Å². The average molecular weight is 273 g/mol. The molecule has 0 spiro atoms. The summed E-state index contributed by atoms with van der Waals surface area (Å²) in [6.45, 7) is 0.505. The maximum Gasteiger partial charge on any atom is 0.105 e. The van der Waals surface area contributed by atoms with E-state index in [4.69, 9.17) is 0 Å². The second-order valence-electron chi connectivity index (χ2n) is 4.58. The molecule has 2 aromatic carbocycles. The summed E-state index contributed by atoms with van der Waals surface area (Å²) < 4.78 is 12.5. The molecule has 1 atom stereocenters. The van der Waals surface area contributed by atoms with Crippen LogP contribution < -0.4 is 4.90 Å². The molecule has 3 heteroatoms. The average Bonchev–Trinajstić information content (AvgIpc) is 2.85. The SMILES string of the molecule is FCCCN1c2ccccc2SC1c1ccccc1. The smallest absolute Gasteiger partial charge is 0.105 e. The standard InChI is InChI=1S/C16H16FNS/c17-11-6-12-18-14-9-4-5-10-15(14)19-16(18)13-7-2-1-3-8-13/h1-5,7-10,16H,6,11-12H2. The van der Waals surface area contributed by atoms with Crippen molar-refractivity contribution in [1.82, 2.24) is 0 Å². The van der Waals surface area contributed by atoms with E-state index in [1.165, 1.54) is 16.1 Å². The second kappa shape index (κ2) is 5.66. The maximum atomic E-state index is 12.5. The summed E-state index contributed by atoms with van der Waals surface area (Å²) in [6.07, 6.45) is 0.582. The summed E-state index contributed by atoms with van der Waals surface area (Å²) in [5.74, 6) is 0. The van der Waals surface area contributed by atoms with Crippen LogP contribution in [-0.4, -0.2) is 13.2 Å². The zero-order valence-corrected chi connectivity index (χ0v) is 11.4. The van der Waals surface area contributed by atoms with Gasteiger partial charge >= 0.3 is 0 Å². The number of halogens is 1. The van der Waals surface area contributed by atoms with Gasteiger partial charge in [-0.1, -0.05) is 54.2 Å². The van der Waals surface area contributed by atoms with E-state index in [9.17, 15) is 4.39 Å². The number of rotatable bonds is 4. The fourth-order valence-electron chi connectivity index (χ4n) is 2.44. The molecule has 1 nitrogen and oxygen atoms in total. The van der Waals surface area contributed by atoms with Gasteiger partial charge in [0.2, 0.25) is 0 Å². The van der Waals surface area contributed by atoms with E-state index in [0.717, 1.165) is 6.54 Å². The van der Waals surface area contributed by atoms with Crippen LogP contribution in [0.1, 0.15) is 17.4 Å². The van der Waals surface area contributed by atoms with Gasteiger partial charge in [0, 0.05) is 11.4 Å². The Morgan fingerprint density at radius 2 is 1.74 bits per heavy atom. The van der Waals surface area contributed by atoms with Crippen LogP contribution in [0.15, 0.2) is 59.5 Å². The van der Waals surface area contributed by atoms with Gasteiger partial charge in [-0.05, 0) is 24.1 Å². The highest BCUT2D eigenvalue weighted by Gasteiger charge is 2.30. The molecule has 1 aliphatic heterocycles. The summed E-state index contributed by atoms with van der Waals surface area (Å²) in [5, 5.41) is 0.269. The minimum atomic E-state index is -0.259. The number of alkyl halides is 1. The van der Waals surface area contributed by atoms with Crippen LogP contribution in [0.4, 0.5) is 10.1 Å². The summed E-state index contributed by atoms with van der Waals surface area (Å²) in [6, 6.07) is 18.8. The molecule has 98 valence electrons. The van der Waals surface area contributed by atoms with Crippen LogP contribution in [0.2, 0.25) is 0 Å². The summed E-state index contributed by atoms with van der Waals surface area (Å²) in [5.41, 5.74) is 2.51. The summed E-state index contributed by atoms with van der Waals surface area (Å²) in [4.78, 5) is 3.60. The Kier molecular flexibility index (Phi) is 3.74. The minimum absolute atomic E-state index is 0.259. The Hall–Kier alpha value is -1.48.